The molecule has 2 fully saturated rings. The molecule has 5 nitrogen and oxygen atoms in total. The summed E-state index contributed by atoms with van der Waals surface area (Å²) in [6, 6.07) is 7.62. The van der Waals surface area contributed by atoms with Gasteiger partial charge >= 0.3 is 5.97 Å². The Morgan fingerprint density at radius 3 is 2.57 bits per heavy atom. The van der Waals surface area contributed by atoms with Crippen LogP contribution in [0.5, 0.6) is 0 Å². The molecule has 1 aromatic rings. The molecule has 0 spiro atoms. The van der Waals surface area contributed by atoms with Crippen LogP contribution < -0.4 is 5.32 Å². The smallest absolute Gasteiger partial charge is 0.310 e. The third-order valence-electron chi connectivity index (χ3n) is 4.27. The fourth-order valence-electron chi connectivity index (χ4n) is 3.27. The van der Waals surface area contributed by atoms with Gasteiger partial charge in [0.1, 0.15) is 0 Å². The quantitative estimate of drug-likeness (QED) is 0.867. The number of hydrogen-bond donors (Lipinski definition) is 2. The number of amides is 1. The second-order valence-electron chi connectivity index (χ2n) is 5.49. The van der Waals surface area contributed by atoms with E-state index in [1.807, 2.05) is 24.3 Å². The van der Waals surface area contributed by atoms with Crippen molar-refractivity contribution in [2.24, 2.45) is 11.8 Å². The second kappa shape index (κ2) is 5.77. The van der Waals surface area contributed by atoms with Crippen LogP contribution in [0.15, 0.2) is 28.7 Å². The summed E-state index contributed by atoms with van der Waals surface area (Å²) in [4.78, 5) is 23.7. The van der Waals surface area contributed by atoms with Crippen molar-refractivity contribution in [1.29, 1.82) is 0 Å². The molecule has 0 unspecified atom stereocenters. The number of carbonyl (C=O) groups is 2. The van der Waals surface area contributed by atoms with Gasteiger partial charge in [-0.1, -0.05) is 34.1 Å². The standard InChI is InChI=1S/C15H16BrNO4/c16-9-4-2-1-3-8(9)7-17-14(18)12-10-5-6-11(21-10)13(12)15(19)20/h1-4,10-13H,5-7H2,(H,17,18)(H,19,20)/t10-,11-,12+,13-/m0/s1. The number of carbonyl (C=O) groups excluding carboxylic acids is 1. The lowest BCUT2D eigenvalue weighted by molar-refractivity contribution is -0.147. The van der Waals surface area contributed by atoms with Crippen molar-refractivity contribution in [2.75, 3.05) is 0 Å². The molecule has 2 heterocycles. The fraction of sp³-hybridized carbons (Fsp3) is 0.467. The summed E-state index contributed by atoms with van der Waals surface area (Å²) in [5.74, 6) is -2.47. The summed E-state index contributed by atoms with van der Waals surface area (Å²) in [7, 11) is 0. The van der Waals surface area contributed by atoms with Crippen molar-refractivity contribution in [3.8, 4) is 0 Å². The minimum atomic E-state index is -0.941. The van der Waals surface area contributed by atoms with Crippen LogP contribution in [-0.4, -0.2) is 29.2 Å². The van der Waals surface area contributed by atoms with Gasteiger partial charge in [0.05, 0.1) is 24.0 Å². The molecule has 2 aliphatic heterocycles. The number of carboxylic acids is 1. The zero-order valence-electron chi connectivity index (χ0n) is 11.3. The molecule has 0 radical (unpaired) electrons. The third-order valence-corrected chi connectivity index (χ3v) is 5.05. The van der Waals surface area contributed by atoms with Gasteiger partial charge in [-0.2, -0.15) is 0 Å². The largest absolute Gasteiger partial charge is 0.481 e. The Hall–Kier alpha value is -1.40. The third kappa shape index (κ3) is 2.70. The minimum absolute atomic E-state index is 0.231. The van der Waals surface area contributed by atoms with Crippen LogP contribution in [-0.2, 0) is 20.9 Å². The maximum Gasteiger partial charge on any atom is 0.310 e. The van der Waals surface area contributed by atoms with Gasteiger partial charge in [0.25, 0.3) is 0 Å². The lowest BCUT2D eigenvalue weighted by Gasteiger charge is -2.24. The molecule has 4 atom stereocenters. The van der Waals surface area contributed by atoms with Gasteiger partial charge in [0.15, 0.2) is 0 Å². The highest BCUT2D eigenvalue weighted by Crippen LogP contribution is 2.43. The van der Waals surface area contributed by atoms with Crippen LogP contribution in [0.3, 0.4) is 0 Å². The highest BCUT2D eigenvalue weighted by molar-refractivity contribution is 9.10. The predicted molar refractivity (Wildman–Crippen MR) is 78.5 cm³/mol. The molecule has 1 aromatic carbocycles. The number of ether oxygens (including phenoxy) is 1. The number of halogens is 1. The maximum absolute atomic E-state index is 12.4. The summed E-state index contributed by atoms with van der Waals surface area (Å²) >= 11 is 3.43. The first-order valence-electron chi connectivity index (χ1n) is 6.97. The normalized spacial score (nSPS) is 30.3. The van der Waals surface area contributed by atoms with Crippen molar-refractivity contribution < 1.29 is 19.4 Å². The molecule has 6 heteroatoms. The number of benzene rings is 1. The Labute approximate surface area is 130 Å². The maximum atomic E-state index is 12.4. The molecule has 2 saturated heterocycles. The average Bonchev–Trinajstić information content (AvgIpc) is 3.06. The van der Waals surface area contributed by atoms with E-state index in [0.717, 1.165) is 22.9 Å². The highest BCUT2D eigenvalue weighted by Gasteiger charge is 2.55. The molecule has 21 heavy (non-hydrogen) atoms. The van der Waals surface area contributed by atoms with Gasteiger partial charge in [-0.3, -0.25) is 9.59 Å². The number of rotatable bonds is 4. The SMILES string of the molecule is O=C(O)[C@@H]1[C@H](C(=O)NCc2ccccc2Br)[C@@H]2CC[C@@H]1O2. The van der Waals surface area contributed by atoms with Crippen LogP contribution in [0.2, 0.25) is 0 Å². The topological polar surface area (TPSA) is 75.6 Å². The summed E-state index contributed by atoms with van der Waals surface area (Å²) in [5.41, 5.74) is 0.960. The number of nitrogens with one attached hydrogen (secondary N) is 1. The average molecular weight is 354 g/mol. The summed E-state index contributed by atoms with van der Waals surface area (Å²) in [5, 5.41) is 12.2. The molecule has 2 bridgehead atoms. The van der Waals surface area contributed by atoms with E-state index in [2.05, 4.69) is 21.2 Å². The molecule has 0 aromatic heterocycles. The van der Waals surface area contributed by atoms with Gasteiger partial charge < -0.3 is 15.2 Å². The van der Waals surface area contributed by atoms with Crippen molar-refractivity contribution >= 4 is 27.8 Å². The van der Waals surface area contributed by atoms with Crippen LogP contribution >= 0.6 is 15.9 Å². The number of fused-ring (bicyclic) bond motifs is 2. The zero-order valence-corrected chi connectivity index (χ0v) is 12.9. The monoisotopic (exact) mass is 353 g/mol. The molecule has 2 N–H and O–H groups in total. The van der Waals surface area contributed by atoms with Crippen molar-refractivity contribution in [3.63, 3.8) is 0 Å². The Bertz CT molecular complexity index is 577. The van der Waals surface area contributed by atoms with E-state index in [0.29, 0.717) is 6.54 Å². The van der Waals surface area contributed by atoms with Crippen LogP contribution in [0.1, 0.15) is 18.4 Å². The molecule has 2 aliphatic rings. The van der Waals surface area contributed by atoms with Gasteiger partial charge in [-0.25, -0.2) is 0 Å². The van der Waals surface area contributed by atoms with E-state index >= 15 is 0 Å². The van der Waals surface area contributed by atoms with E-state index in [1.54, 1.807) is 0 Å². The summed E-state index contributed by atoms with van der Waals surface area (Å²) < 4.78 is 6.53. The van der Waals surface area contributed by atoms with Gasteiger partial charge in [-0.15, -0.1) is 0 Å². The molecule has 1 amide bonds. The van der Waals surface area contributed by atoms with Crippen molar-refractivity contribution in [3.05, 3.63) is 34.3 Å². The van der Waals surface area contributed by atoms with Crippen molar-refractivity contribution in [2.45, 2.75) is 31.6 Å². The van der Waals surface area contributed by atoms with Crippen LogP contribution in [0.25, 0.3) is 0 Å². The molecular weight excluding hydrogens is 338 g/mol. The van der Waals surface area contributed by atoms with Crippen molar-refractivity contribution in [1.82, 2.24) is 5.32 Å². The molecule has 112 valence electrons. The molecule has 0 aliphatic carbocycles. The van der Waals surface area contributed by atoms with E-state index in [4.69, 9.17) is 4.74 Å². The fourth-order valence-corrected chi connectivity index (χ4v) is 3.69. The first-order valence-corrected chi connectivity index (χ1v) is 7.76. The predicted octanol–water partition coefficient (Wildman–Crippen LogP) is 1.94. The first kappa shape index (κ1) is 14.5. The van der Waals surface area contributed by atoms with Gasteiger partial charge in [0.2, 0.25) is 5.91 Å². The van der Waals surface area contributed by atoms with Crippen LogP contribution in [0.4, 0.5) is 0 Å². The van der Waals surface area contributed by atoms with E-state index in [-0.39, 0.29) is 18.1 Å². The van der Waals surface area contributed by atoms with Gasteiger partial charge in [-0.05, 0) is 24.5 Å². The lowest BCUT2D eigenvalue weighted by Crippen LogP contribution is -2.43. The first-order chi connectivity index (χ1) is 10.1. The van der Waals surface area contributed by atoms with E-state index in [9.17, 15) is 14.7 Å². The minimum Gasteiger partial charge on any atom is -0.481 e. The van der Waals surface area contributed by atoms with E-state index < -0.39 is 17.8 Å². The zero-order chi connectivity index (χ0) is 15.0. The lowest BCUT2D eigenvalue weighted by atomic mass is 9.78. The highest BCUT2D eigenvalue weighted by atomic mass is 79.9. The Morgan fingerprint density at radius 2 is 1.90 bits per heavy atom. The van der Waals surface area contributed by atoms with Gasteiger partial charge in [0, 0.05) is 11.0 Å². The number of aliphatic carboxylic acids is 1. The molecule has 3 rings (SSSR count). The number of carboxylic acid groups (broad SMARTS) is 1. The van der Waals surface area contributed by atoms with Crippen LogP contribution in [0, 0.1) is 11.8 Å². The van der Waals surface area contributed by atoms with E-state index in [1.165, 1.54) is 0 Å². The second-order valence-corrected chi connectivity index (χ2v) is 6.34. The Kier molecular flexibility index (Phi) is 3.99. The summed E-state index contributed by atoms with van der Waals surface area (Å²) in [6.07, 6.45) is 0.930. The summed E-state index contributed by atoms with van der Waals surface area (Å²) in [6.45, 7) is 0.375. The Morgan fingerprint density at radius 1 is 1.24 bits per heavy atom. The molecule has 0 saturated carbocycles. The number of hydrogen-bond acceptors (Lipinski definition) is 3. The molecular formula is C15H16BrNO4. The Balaban J connectivity index is 1.68.